The van der Waals surface area contributed by atoms with E-state index in [1.54, 1.807) is 0 Å². The van der Waals surface area contributed by atoms with Gasteiger partial charge in [-0.05, 0) is 12.5 Å². The van der Waals surface area contributed by atoms with Gasteiger partial charge in [-0.3, -0.25) is 14.9 Å². The second-order valence-electron chi connectivity index (χ2n) is 4.65. The predicted molar refractivity (Wildman–Crippen MR) is 78.8 cm³/mol. The summed E-state index contributed by atoms with van der Waals surface area (Å²) in [5.41, 5.74) is 13.4. The lowest BCUT2D eigenvalue weighted by molar-refractivity contribution is -0.385. The Kier molecular flexibility index (Phi) is 6.01. The summed E-state index contributed by atoms with van der Waals surface area (Å²) >= 11 is 0. The Morgan fingerprint density at radius 1 is 1.57 bits per heavy atom. The molecule has 0 heterocycles. The van der Waals surface area contributed by atoms with Crippen LogP contribution >= 0.6 is 0 Å². The molecule has 1 aromatic carbocycles. The molecule has 0 spiro atoms. The zero-order valence-electron chi connectivity index (χ0n) is 12.0. The number of amides is 1. The number of aliphatic carboxylic acids is 1. The molecule has 11 heteroatoms. The van der Waals surface area contributed by atoms with Gasteiger partial charge < -0.3 is 16.2 Å². The number of carboxylic acids is 1. The average Bonchev–Trinajstić information content (AvgIpc) is 2.47. The Labute approximate surface area is 129 Å². The van der Waals surface area contributed by atoms with Crippen LogP contribution in [0, 0.1) is 10.1 Å². The molecule has 23 heavy (non-hydrogen) atoms. The maximum absolute atomic E-state index is 11.5. The highest BCUT2D eigenvalue weighted by atomic mass is 16.6. The smallest absolute Gasteiger partial charge is 0.326 e. The van der Waals surface area contributed by atoms with Crippen molar-refractivity contribution in [2.75, 3.05) is 0 Å². The first-order valence-electron chi connectivity index (χ1n) is 6.37. The van der Waals surface area contributed by atoms with Crippen molar-refractivity contribution in [3.63, 3.8) is 0 Å². The quantitative estimate of drug-likeness (QED) is 0.221. The van der Waals surface area contributed by atoms with E-state index in [-0.39, 0.29) is 17.7 Å². The van der Waals surface area contributed by atoms with Crippen LogP contribution in [0.1, 0.15) is 12.5 Å². The molecule has 0 fully saturated rings. The first kappa shape index (κ1) is 17.9. The third-order valence-electron chi connectivity index (χ3n) is 2.88. The minimum atomic E-state index is -1.38. The van der Waals surface area contributed by atoms with E-state index in [1.807, 2.05) is 0 Å². The molecule has 4 N–H and O–H groups in total. The highest BCUT2D eigenvalue weighted by Crippen LogP contribution is 2.26. The first-order valence-corrected chi connectivity index (χ1v) is 6.37. The number of azide groups is 1. The van der Waals surface area contributed by atoms with Crippen molar-refractivity contribution in [1.82, 2.24) is 5.32 Å². The third kappa shape index (κ3) is 4.95. The van der Waals surface area contributed by atoms with Crippen LogP contribution in [0.5, 0.6) is 0 Å². The van der Waals surface area contributed by atoms with Crippen molar-refractivity contribution in [1.29, 1.82) is 0 Å². The number of nitrogens with two attached hydrogens (primary N) is 1. The molecule has 0 saturated carbocycles. The minimum Gasteiger partial charge on any atom is -0.480 e. The second kappa shape index (κ2) is 7.73. The Balaban J connectivity index is 3.13. The van der Waals surface area contributed by atoms with E-state index < -0.39 is 34.6 Å². The number of nitrogens with zero attached hydrogens (tertiary/aromatic N) is 4. The van der Waals surface area contributed by atoms with Crippen molar-refractivity contribution in [3.05, 3.63) is 44.3 Å². The fraction of sp³-hybridized carbons (Fsp3) is 0.333. The first-order chi connectivity index (χ1) is 10.8. The summed E-state index contributed by atoms with van der Waals surface area (Å²) in [6.07, 6.45) is -0.319. The minimum absolute atomic E-state index is 0.0226. The Bertz CT molecular complexity index is 683. The van der Waals surface area contributed by atoms with Crippen LogP contribution < -0.4 is 11.1 Å². The summed E-state index contributed by atoms with van der Waals surface area (Å²) in [6, 6.07) is 1.32. The van der Waals surface area contributed by atoms with Crippen LogP contribution in [0.25, 0.3) is 10.4 Å². The number of carbonyl (C=O) groups excluding carboxylic acids is 1. The fourth-order valence-corrected chi connectivity index (χ4v) is 1.73. The van der Waals surface area contributed by atoms with E-state index in [0.29, 0.717) is 0 Å². The molecule has 0 unspecified atom stereocenters. The Morgan fingerprint density at radius 2 is 2.22 bits per heavy atom. The molecule has 122 valence electrons. The van der Waals surface area contributed by atoms with Crippen molar-refractivity contribution in [3.8, 4) is 0 Å². The van der Waals surface area contributed by atoms with Gasteiger partial charge in [-0.2, -0.15) is 0 Å². The number of nitro groups is 1. The summed E-state index contributed by atoms with van der Waals surface area (Å²) < 4.78 is 0. The largest absolute Gasteiger partial charge is 0.480 e. The average molecular weight is 322 g/mol. The van der Waals surface area contributed by atoms with Gasteiger partial charge in [-0.15, -0.1) is 0 Å². The van der Waals surface area contributed by atoms with E-state index >= 15 is 0 Å². The topological polar surface area (TPSA) is 184 Å². The number of hydrogen-bond acceptors (Lipinski definition) is 6. The van der Waals surface area contributed by atoms with Crippen LogP contribution in [-0.4, -0.2) is 34.0 Å². The van der Waals surface area contributed by atoms with E-state index in [0.717, 1.165) is 6.07 Å². The highest BCUT2D eigenvalue weighted by Gasteiger charge is 2.25. The molecular formula is C12H14N6O5. The fourth-order valence-electron chi connectivity index (χ4n) is 1.73. The summed E-state index contributed by atoms with van der Waals surface area (Å²) in [7, 11) is 0. The van der Waals surface area contributed by atoms with E-state index in [2.05, 4.69) is 15.3 Å². The predicted octanol–water partition coefficient (Wildman–Crippen LogP) is 0.996. The maximum atomic E-state index is 11.5. The van der Waals surface area contributed by atoms with Gasteiger partial charge >= 0.3 is 5.97 Å². The number of benzene rings is 1. The summed E-state index contributed by atoms with van der Waals surface area (Å²) in [5, 5.41) is 25.7. The van der Waals surface area contributed by atoms with Gasteiger partial charge in [0.15, 0.2) is 0 Å². The van der Waals surface area contributed by atoms with Crippen LogP contribution in [0.3, 0.4) is 0 Å². The molecule has 0 radical (unpaired) electrons. The highest BCUT2D eigenvalue weighted by molar-refractivity contribution is 5.86. The molecule has 0 aromatic heterocycles. The number of nitrogens with one attached hydrogen (secondary N) is 1. The number of carbonyl (C=O) groups is 2. The van der Waals surface area contributed by atoms with Gasteiger partial charge in [0.2, 0.25) is 5.91 Å². The lowest BCUT2D eigenvalue weighted by Gasteiger charge is -2.16. The lowest BCUT2D eigenvalue weighted by Crippen LogP contribution is -2.48. The molecular weight excluding hydrogens is 308 g/mol. The zero-order chi connectivity index (χ0) is 17.6. The molecule has 1 amide bonds. The lowest BCUT2D eigenvalue weighted by atomic mass is 10.0. The molecule has 0 aliphatic carbocycles. The van der Waals surface area contributed by atoms with Crippen molar-refractivity contribution < 1.29 is 19.6 Å². The number of nitro benzene ring substituents is 1. The molecule has 11 nitrogen and oxygen atoms in total. The molecule has 0 saturated heterocycles. The van der Waals surface area contributed by atoms with Gasteiger partial charge in [0, 0.05) is 28.6 Å². The van der Waals surface area contributed by atoms with Gasteiger partial charge in [-0.1, -0.05) is 17.2 Å². The number of carboxylic acid groups (broad SMARTS) is 1. The molecule has 1 rings (SSSR count). The summed E-state index contributed by atoms with van der Waals surface area (Å²) in [4.78, 5) is 35.6. The Morgan fingerprint density at radius 3 is 2.70 bits per heavy atom. The van der Waals surface area contributed by atoms with Crippen molar-refractivity contribution >= 4 is 23.3 Å². The van der Waals surface area contributed by atoms with Crippen molar-refractivity contribution in [2.45, 2.75) is 25.4 Å². The van der Waals surface area contributed by atoms with E-state index in [1.165, 1.54) is 19.1 Å². The zero-order valence-corrected chi connectivity index (χ0v) is 12.0. The van der Waals surface area contributed by atoms with Crippen LogP contribution in [-0.2, 0) is 16.0 Å². The summed E-state index contributed by atoms with van der Waals surface area (Å²) in [6.45, 7) is 1.38. The standard InChI is InChI=1S/C12H14N6O5/c1-6(13)11(19)15-9(12(20)21)4-7-2-3-8(16-17-14)5-10(7)18(22)23/h2-3,5-6,9H,4,13H2,1H3,(H,15,19)(H,20,21)/t6-,9-/m0/s1. The molecule has 0 aliphatic rings. The summed E-state index contributed by atoms with van der Waals surface area (Å²) in [5.74, 6) is -2.04. The van der Waals surface area contributed by atoms with Crippen LogP contribution in [0.4, 0.5) is 11.4 Å². The molecule has 2 atom stereocenters. The van der Waals surface area contributed by atoms with E-state index in [9.17, 15) is 19.7 Å². The van der Waals surface area contributed by atoms with Gasteiger partial charge in [-0.25, -0.2) is 4.79 Å². The normalized spacial score (nSPS) is 12.6. The Hall–Kier alpha value is -3.17. The molecule has 0 bridgehead atoms. The third-order valence-corrected chi connectivity index (χ3v) is 2.88. The van der Waals surface area contributed by atoms with E-state index in [4.69, 9.17) is 16.4 Å². The van der Waals surface area contributed by atoms with Gasteiger partial charge in [0.25, 0.3) is 5.69 Å². The number of hydrogen-bond donors (Lipinski definition) is 3. The van der Waals surface area contributed by atoms with Crippen molar-refractivity contribution in [2.24, 2.45) is 10.8 Å². The van der Waals surface area contributed by atoms with Gasteiger partial charge in [0.1, 0.15) is 6.04 Å². The van der Waals surface area contributed by atoms with Crippen LogP contribution in [0.2, 0.25) is 0 Å². The van der Waals surface area contributed by atoms with Gasteiger partial charge in [0.05, 0.1) is 11.0 Å². The second-order valence-corrected chi connectivity index (χ2v) is 4.65. The van der Waals surface area contributed by atoms with Crippen LogP contribution in [0.15, 0.2) is 23.3 Å². The molecule has 0 aliphatic heterocycles. The SMILES string of the molecule is C[C@H](N)C(=O)N[C@@H](Cc1ccc(N=[N+]=[N-])cc1[N+](=O)[O-])C(=O)O. The maximum Gasteiger partial charge on any atom is 0.326 e. The molecule has 1 aromatic rings. The monoisotopic (exact) mass is 322 g/mol. The number of rotatable bonds is 7.